The highest BCUT2D eigenvalue weighted by Crippen LogP contribution is 2.34. The molecule has 0 aromatic heterocycles. The van der Waals surface area contributed by atoms with Gasteiger partial charge in [0.15, 0.2) is 0 Å². The number of alkyl halides is 1. The summed E-state index contributed by atoms with van der Waals surface area (Å²) >= 11 is 2.46. The van der Waals surface area contributed by atoms with Crippen LogP contribution in [0.1, 0.15) is 46.1 Å². The monoisotopic (exact) mass is 419 g/mol. The predicted octanol–water partition coefficient (Wildman–Crippen LogP) is 2.00. The molecule has 0 aliphatic heterocycles. The molecule has 3 unspecified atom stereocenters. The number of quaternary nitrogens is 1. The molecule has 0 spiro atoms. The molecule has 3 atom stereocenters. The van der Waals surface area contributed by atoms with Crippen LogP contribution in [-0.2, 0) is 6.54 Å². The standard InChI is InChI=1S/C18H27IN.ClH/c1-6-15(4)20(16(5)7-2,18(19)8-3)14-17-12-10-9-11-13-17;/h3,9-13,15-16,18H,6-7,14H2,1-2,4-5H3;1H/q+1;/p-1. The average molecular weight is 420 g/mol. The molecule has 0 saturated carbocycles. The zero-order chi connectivity index (χ0) is 15.2. The summed E-state index contributed by atoms with van der Waals surface area (Å²) in [6.45, 7) is 10.2. The van der Waals surface area contributed by atoms with Gasteiger partial charge in [0.05, 0.1) is 12.1 Å². The zero-order valence-electron chi connectivity index (χ0n) is 13.5. The van der Waals surface area contributed by atoms with Crippen molar-refractivity contribution in [2.24, 2.45) is 0 Å². The molecule has 3 heteroatoms. The van der Waals surface area contributed by atoms with Crippen molar-refractivity contribution in [1.29, 1.82) is 0 Å². The van der Waals surface area contributed by atoms with E-state index in [2.05, 4.69) is 86.5 Å². The van der Waals surface area contributed by atoms with Crippen molar-refractivity contribution >= 4 is 22.6 Å². The third-order valence-corrected chi connectivity index (χ3v) is 6.08. The minimum atomic E-state index is 0. The van der Waals surface area contributed by atoms with E-state index in [0.717, 1.165) is 23.9 Å². The van der Waals surface area contributed by atoms with Crippen LogP contribution in [0.5, 0.6) is 0 Å². The Morgan fingerprint density at radius 3 is 1.95 bits per heavy atom. The third kappa shape index (κ3) is 4.61. The quantitative estimate of drug-likeness (QED) is 0.208. The number of terminal acetylenes is 1. The number of benzene rings is 1. The smallest absolute Gasteiger partial charge is 0.201 e. The molecule has 1 aromatic carbocycles. The Morgan fingerprint density at radius 1 is 1.10 bits per heavy atom. The maximum absolute atomic E-state index is 5.82. The van der Waals surface area contributed by atoms with Crippen LogP contribution in [-0.4, -0.2) is 20.6 Å². The summed E-state index contributed by atoms with van der Waals surface area (Å²) in [7, 11) is 0. The molecular formula is C18H27ClIN. The average Bonchev–Trinajstić information content (AvgIpc) is 2.51. The Bertz CT molecular complexity index is 430. The fraction of sp³-hybridized carbons (Fsp3) is 0.556. The Labute approximate surface area is 150 Å². The summed E-state index contributed by atoms with van der Waals surface area (Å²) in [6.07, 6.45) is 8.13. The van der Waals surface area contributed by atoms with Gasteiger partial charge in [0.25, 0.3) is 0 Å². The first-order valence-corrected chi connectivity index (χ1v) is 8.78. The normalized spacial score (nSPS) is 17.7. The van der Waals surface area contributed by atoms with Gasteiger partial charge in [-0.3, -0.25) is 4.48 Å². The lowest BCUT2D eigenvalue weighted by molar-refractivity contribution is -0.981. The lowest BCUT2D eigenvalue weighted by Crippen LogP contribution is -3.00. The molecule has 21 heavy (non-hydrogen) atoms. The van der Waals surface area contributed by atoms with E-state index < -0.39 is 0 Å². The van der Waals surface area contributed by atoms with Gasteiger partial charge in [0, 0.05) is 28.2 Å². The van der Waals surface area contributed by atoms with Crippen LogP contribution in [0.2, 0.25) is 0 Å². The van der Waals surface area contributed by atoms with Crippen molar-refractivity contribution in [1.82, 2.24) is 0 Å². The van der Waals surface area contributed by atoms with E-state index in [0.29, 0.717) is 12.1 Å². The predicted molar refractivity (Wildman–Crippen MR) is 96.6 cm³/mol. The van der Waals surface area contributed by atoms with Crippen LogP contribution in [0.15, 0.2) is 30.3 Å². The number of halogens is 2. The fourth-order valence-corrected chi connectivity index (χ4v) is 4.29. The van der Waals surface area contributed by atoms with Gasteiger partial charge in [0.2, 0.25) is 4.05 Å². The van der Waals surface area contributed by atoms with Crippen molar-refractivity contribution in [2.45, 2.75) is 63.2 Å². The van der Waals surface area contributed by atoms with E-state index in [-0.39, 0.29) is 16.5 Å². The van der Waals surface area contributed by atoms with Crippen molar-refractivity contribution in [2.75, 3.05) is 0 Å². The van der Waals surface area contributed by atoms with Crippen molar-refractivity contribution in [3.05, 3.63) is 35.9 Å². The van der Waals surface area contributed by atoms with E-state index in [1.807, 2.05) is 0 Å². The molecule has 0 radical (unpaired) electrons. The Morgan fingerprint density at radius 2 is 1.57 bits per heavy atom. The number of hydrogen-bond donors (Lipinski definition) is 0. The molecule has 0 bridgehead atoms. The minimum Gasteiger partial charge on any atom is -1.00 e. The highest BCUT2D eigenvalue weighted by atomic mass is 127. The minimum absolute atomic E-state index is 0. The highest BCUT2D eigenvalue weighted by molar-refractivity contribution is 14.1. The molecule has 1 rings (SSSR count). The molecule has 0 aliphatic carbocycles. The third-order valence-electron chi connectivity index (χ3n) is 4.68. The van der Waals surface area contributed by atoms with Crippen molar-refractivity contribution < 1.29 is 16.9 Å². The van der Waals surface area contributed by atoms with Gasteiger partial charge in [-0.15, -0.1) is 6.42 Å². The Kier molecular flexibility index (Phi) is 9.60. The summed E-state index contributed by atoms with van der Waals surface area (Å²) in [5.41, 5.74) is 1.38. The van der Waals surface area contributed by atoms with E-state index >= 15 is 0 Å². The van der Waals surface area contributed by atoms with Gasteiger partial charge in [0.1, 0.15) is 6.54 Å². The fourth-order valence-electron chi connectivity index (χ4n) is 2.99. The van der Waals surface area contributed by atoms with E-state index in [9.17, 15) is 0 Å². The molecule has 0 amide bonds. The molecule has 1 nitrogen and oxygen atoms in total. The topological polar surface area (TPSA) is 0 Å². The lowest BCUT2D eigenvalue weighted by Gasteiger charge is -2.49. The number of nitrogens with zero attached hydrogens (tertiary/aromatic N) is 1. The molecule has 0 saturated heterocycles. The SMILES string of the molecule is C#CC(I)[N+](Cc1ccccc1)(C(C)CC)C(C)CC.[Cl-]. The zero-order valence-corrected chi connectivity index (χ0v) is 16.4. The first-order chi connectivity index (χ1) is 9.52. The molecule has 0 fully saturated rings. The Hall–Kier alpha value is -0.240. The molecule has 0 N–H and O–H groups in total. The van der Waals surface area contributed by atoms with Crippen LogP contribution in [0.3, 0.4) is 0 Å². The summed E-state index contributed by atoms with van der Waals surface area (Å²) in [5.74, 6) is 3.02. The van der Waals surface area contributed by atoms with E-state index in [1.54, 1.807) is 0 Å². The highest BCUT2D eigenvalue weighted by Gasteiger charge is 2.42. The summed E-state index contributed by atoms with van der Waals surface area (Å²) < 4.78 is 1.19. The Balaban J connectivity index is 0.00000400. The van der Waals surface area contributed by atoms with Gasteiger partial charge in [-0.05, 0) is 32.6 Å². The second kappa shape index (κ2) is 9.71. The van der Waals surface area contributed by atoms with Crippen molar-refractivity contribution in [3.8, 4) is 12.3 Å². The molecule has 1 aromatic rings. The van der Waals surface area contributed by atoms with Gasteiger partial charge >= 0.3 is 0 Å². The molecule has 0 heterocycles. The number of rotatable bonds is 7. The van der Waals surface area contributed by atoms with Crippen molar-refractivity contribution in [3.63, 3.8) is 0 Å². The molecule has 0 aliphatic rings. The second-order valence-electron chi connectivity index (χ2n) is 5.66. The van der Waals surface area contributed by atoms with Gasteiger partial charge in [-0.25, -0.2) is 0 Å². The summed E-state index contributed by atoms with van der Waals surface area (Å²) in [6, 6.07) is 11.9. The van der Waals surface area contributed by atoms with Crippen LogP contribution in [0.4, 0.5) is 0 Å². The van der Waals surface area contributed by atoms with Gasteiger partial charge in [-0.2, -0.15) is 0 Å². The van der Waals surface area contributed by atoms with E-state index in [4.69, 9.17) is 6.42 Å². The largest absolute Gasteiger partial charge is 1.00 e. The summed E-state index contributed by atoms with van der Waals surface area (Å²) in [5, 5.41) is 0. The lowest BCUT2D eigenvalue weighted by atomic mass is 10.0. The van der Waals surface area contributed by atoms with Gasteiger partial charge in [-0.1, -0.05) is 44.2 Å². The maximum atomic E-state index is 5.82. The summed E-state index contributed by atoms with van der Waals surface area (Å²) in [4.78, 5) is 0. The first-order valence-electron chi connectivity index (χ1n) is 7.54. The van der Waals surface area contributed by atoms with Crippen LogP contribution < -0.4 is 12.4 Å². The second-order valence-corrected chi connectivity index (χ2v) is 6.84. The van der Waals surface area contributed by atoms with Crippen LogP contribution in [0, 0.1) is 12.3 Å². The molecule has 118 valence electrons. The van der Waals surface area contributed by atoms with Crippen LogP contribution >= 0.6 is 22.6 Å². The van der Waals surface area contributed by atoms with Gasteiger partial charge < -0.3 is 12.4 Å². The van der Waals surface area contributed by atoms with E-state index in [1.165, 1.54) is 5.56 Å². The molecular weight excluding hydrogens is 393 g/mol. The maximum Gasteiger partial charge on any atom is 0.201 e. The number of hydrogen-bond acceptors (Lipinski definition) is 0. The first kappa shape index (κ1) is 20.8. The van der Waals surface area contributed by atoms with Crippen LogP contribution in [0.25, 0.3) is 0 Å².